The number of aromatic nitrogens is 1. The van der Waals surface area contributed by atoms with E-state index < -0.39 is 0 Å². The highest BCUT2D eigenvalue weighted by Crippen LogP contribution is 2.28. The molecular weight excluding hydrogens is 270 g/mol. The van der Waals surface area contributed by atoms with E-state index in [9.17, 15) is 0 Å². The largest absolute Gasteiger partial charge is 0.354 e. The van der Waals surface area contributed by atoms with E-state index in [2.05, 4.69) is 16.4 Å². The summed E-state index contributed by atoms with van der Waals surface area (Å²) in [6, 6.07) is 15.2. The molecule has 0 aliphatic carbocycles. The Bertz CT molecular complexity index is 816. The van der Waals surface area contributed by atoms with E-state index in [0.717, 1.165) is 16.5 Å². The van der Waals surface area contributed by atoms with Gasteiger partial charge in [-0.25, -0.2) is 0 Å². The number of anilines is 2. The van der Waals surface area contributed by atoms with Crippen molar-refractivity contribution >= 4 is 33.7 Å². The number of fused-ring (bicyclic) bond motifs is 1. The molecule has 0 saturated heterocycles. The first kappa shape index (κ1) is 12.5. The highest BCUT2D eigenvalue weighted by atomic mass is 35.5. The normalized spacial score (nSPS) is 10.2. The monoisotopic (exact) mass is 279 g/mol. The molecule has 4 heteroatoms. The molecule has 0 amide bonds. The molecule has 0 aliphatic rings. The van der Waals surface area contributed by atoms with Crippen LogP contribution in [-0.2, 0) is 0 Å². The van der Waals surface area contributed by atoms with E-state index in [0.29, 0.717) is 16.3 Å². The quantitative estimate of drug-likeness (QED) is 0.751. The Kier molecular flexibility index (Phi) is 3.24. The fourth-order valence-electron chi connectivity index (χ4n) is 2.08. The Morgan fingerprint density at radius 3 is 2.85 bits per heavy atom. The lowest BCUT2D eigenvalue weighted by atomic mass is 10.1. The van der Waals surface area contributed by atoms with Crippen LogP contribution in [0.15, 0.2) is 54.9 Å². The molecule has 1 heterocycles. The second-order valence-electron chi connectivity index (χ2n) is 4.33. The highest BCUT2D eigenvalue weighted by Gasteiger charge is 2.06. The van der Waals surface area contributed by atoms with Crippen LogP contribution in [0, 0.1) is 11.3 Å². The summed E-state index contributed by atoms with van der Waals surface area (Å²) in [5.41, 5.74) is 2.14. The fourth-order valence-corrected chi connectivity index (χ4v) is 2.26. The average Bonchev–Trinajstić information content (AvgIpc) is 2.48. The number of nitrogens with one attached hydrogen (secondary N) is 1. The number of halogens is 1. The number of benzene rings is 2. The van der Waals surface area contributed by atoms with Crippen molar-refractivity contribution in [3.63, 3.8) is 0 Å². The summed E-state index contributed by atoms with van der Waals surface area (Å²) in [7, 11) is 0. The fraction of sp³-hybridized carbons (Fsp3) is 0. The Balaban J connectivity index is 2.10. The third kappa shape index (κ3) is 2.29. The maximum atomic E-state index is 9.16. The third-order valence-electron chi connectivity index (χ3n) is 3.06. The number of rotatable bonds is 2. The van der Waals surface area contributed by atoms with Crippen LogP contribution in [0.1, 0.15) is 5.56 Å². The highest BCUT2D eigenvalue weighted by molar-refractivity contribution is 6.31. The molecule has 2 aromatic carbocycles. The van der Waals surface area contributed by atoms with Crippen molar-refractivity contribution in [1.29, 1.82) is 5.26 Å². The summed E-state index contributed by atoms with van der Waals surface area (Å²) in [6.07, 6.45) is 3.56. The van der Waals surface area contributed by atoms with Crippen LogP contribution in [-0.4, -0.2) is 4.98 Å². The number of nitriles is 1. The number of hydrogen-bond acceptors (Lipinski definition) is 3. The zero-order valence-corrected chi connectivity index (χ0v) is 11.2. The van der Waals surface area contributed by atoms with Crippen molar-refractivity contribution in [2.45, 2.75) is 0 Å². The third-order valence-corrected chi connectivity index (χ3v) is 3.29. The van der Waals surface area contributed by atoms with Crippen LogP contribution >= 0.6 is 11.6 Å². The van der Waals surface area contributed by atoms with Crippen LogP contribution in [0.5, 0.6) is 0 Å². The molecule has 0 radical (unpaired) electrons. The molecule has 3 rings (SSSR count). The smallest absolute Gasteiger partial charge is 0.101 e. The second kappa shape index (κ2) is 5.20. The molecular formula is C16H10ClN3. The van der Waals surface area contributed by atoms with Gasteiger partial charge in [0.2, 0.25) is 0 Å². The van der Waals surface area contributed by atoms with Gasteiger partial charge in [-0.05, 0) is 35.7 Å². The van der Waals surface area contributed by atoms with Gasteiger partial charge in [-0.3, -0.25) is 4.98 Å². The van der Waals surface area contributed by atoms with E-state index >= 15 is 0 Å². The Morgan fingerprint density at radius 1 is 1.10 bits per heavy atom. The minimum Gasteiger partial charge on any atom is -0.354 e. The molecule has 0 unspecified atom stereocenters. The molecule has 1 N–H and O–H groups in total. The lowest BCUT2D eigenvalue weighted by Gasteiger charge is -2.11. The first-order valence-corrected chi connectivity index (χ1v) is 6.45. The van der Waals surface area contributed by atoms with Gasteiger partial charge >= 0.3 is 0 Å². The molecule has 0 aliphatic heterocycles. The summed E-state index contributed by atoms with van der Waals surface area (Å²) < 4.78 is 0. The van der Waals surface area contributed by atoms with Crippen molar-refractivity contribution in [3.05, 3.63) is 65.4 Å². The Hall–Kier alpha value is -2.57. The van der Waals surface area contributed by atoms with Crippen LogP contribution in [0.2, 0.25) is 5.02 Å². The minimum absolute atomic E-state index is 0.551. The van der Waals surface area contributed by atoms with Gasteiger partial charge in [0.05, 0.1) is 11.3 Å². The van der Waals surface area contributed by atoms with Gasteiger partial charge in [0.1, 0.15) is 6.07 Å². The van der Waals surface area contributed by atoms with Gasteiger partial charge in [0.15, 0.2) is 0 Å². The lowest BCUT2D eigenvalue weighted by Crippen LogP contribution is -1.94. The summed E-state index contributed by atoms with van der Waals surface area (Å²) in [5, 5.41) is 15.1. The van der Waals surface area contributed by atoms with Crippen molar-refractivity contribution < 1.29 is 0 Å². The number of nitrogens with zero attached hydrogens (tertiary/aromatic N) is 2. The maximum Gasteiger partial charge on any atom is 0.101 e. The van der Waals surface area contributed by atoms with E-state index in [-0.39, 0.29) is 0 Å². The predicted octanol–water partition coefficient (Wildman–Crippen LogP) is 4.50. The summed E-state index contributed by atoms with van der Waals surface area (Å²) in [5.74, 6) is 0. The van der Waals surface area contributed by atoms with Gasteiger partial charge in [0.25, 0.3) is 0 Å². The standard InChI is InChI=1S/C16H10ClN3/c17-13-5-4-12(9-18)16(8-13)20-15-3-1-2-11-6-7-19-10-14(11)15/h1-8,10,20H. The number of hydrogen-bond donors (Lipinski definition) is 1. The van der Waals surface area contributed by atoms with Gasteiger partial charge in [0, 0.05) is 28.5 Å². The molecule has 20 heavy (non-hydrogen) atoms. The summed E-state index contributed by atoms with van der Waals surface area (Å²) >= 11 is 6.00. The van der Waals surface area contributed by atoms with Crippen LogP contribution in [0.4, 0.5) is 11.4 Å². The maximum absolute atomic E-state index is 9.16. The molecule has 0 bridgehead atoms. The molecule has 0 fully saturated rings. The van der Waals surface area contributed by atoms with Crippen LogP contribution in [0.3, 0.4) is 0 Å². The van der Waals surface area contributed by atoms with E-state index in [4.69, 9.17) is 16.9 Å². The predicted molar refractivity (Wildman–Crippen MR) is 81.2 cm³/mol. The van der Waals surface area contributed by atoms with E-state index in [1.165, 1.54) is 0 Å². The van der Waals surface area contributed by atoms with E-state index in [1.807, 2.05) is 24.3 Å². The van der Waals surface area contributed by atoms with Gasteiger partial charge in [-0.1, -0.05) is 23.7 Å². The van der Waals surface area contributed by atoms with Gasteiger partial charge < -0.3 is 5.32 Å². The van der Waals surface area contributed by atoms with Crippen molar-refractivity contribution in [3.8, 4) is 6.07 Å². The first-order chi connectivity index (χ1) is 9.78. The Labute approximate surface area is 121 Å². The van der Waals surface area contributed by atoms with Crippen LogP contribution in [0.25, 0.3) is 10.8 Å². The van der Waals surface area contributed by atoms with E-state index in [1.54, 1.807) is 30.6 Å². The zero-order valence-electron chi connectivity index (χ0n) is 10.5. The Morgan fingerprint density at radius 2 is 2.00 bits per heavy atom. The van der Waals surface area contributed by atoms with Gasteiger partial charge in [-0.15, -0.1) is 0 Å². The molecule has 3 aromatic rings. The molecule has 0 spiro atoms. The van der Waals surface area contributed by atoms with Crippen molar-refractivity contribution in [2.75, 3.05) is 5.32 Å². The first-order valence-electron chi connectivity index (χ1n) is 6.07. The lowest BCUT2D eigenvalue weighted by molar-refractivity contribution is 1.36. The molecule has 0 saturated carbocycles. The van der Waals surface area contributed by atoms with Gasteiger partial charge in [-0.2, -0.15) is 5.26 Å². The minimum atomic E-state index is 0.551. The summed E-state index contributed by atoms with van der Waals surface area (Å²) in [4.78, 5) is 4.14. The zero-order chi connectivity index (χ0) is 13.9. The molecule has 3 nitrogen and oxygen atoms in total. The van der Waals surface area contributed by atoms with Crippen molar-refractivity contribution in [1.82, 2.24) is 4.98 Å². The topological polar surface area (TPSA) is 48.7 Å². The molecule has 1 aromatic heterocycles. The number of pyridine rings is 1. The summed E-state index contributed by atoms with van der Waals surface area (Å²) in [6.45, 7) is 0. The second-order valence-corrected chi connectivity index (χ2v) is 4.77. The average molecular weight is 280 g/mol. The van der Waals surface area contributed by atoms with Crippen LogP contribution < -0.4 is 5.32 Å². The molecule has 96 valence electrons. The SMILES string of the molecule is N#Cc1ccc(Cl)cc1Nc1cccc2ccncc12. The van der Waals surface area contributed by atoms with Crippen molar-refractivity contribution in [2.24, 2.45) is 0 Å². The molecule has 0 atom stereocenters.